The highest BCUT2D eigenvalue weighted by Crippen LogP contribution is 2.32. The molecule has 0 unspecified atom stereocenters. The lowest BCUT2D eigenvalue weighted by Gasteiger charge is -2.14. The third kappa shape index (κ3) is 2.56. The Hall–Kier alpha value is -1.60. The van der Waals surface area contributed by atoms with Gasteiger partial charge in [0, 0.05) is 6.08 Å². The Bertz CT molecular complexity index is 506. The molecule has 1 aromatic heterocycles. The van der Waals surface area contributed by atoms with Crippen molar-refractivity contribution in [2.75, 3.05) is 6.54 Å². The minimum atomic E-state index is -1.35. The van der Waals surface area contributed by atoms with Gasteiger partial charge < -0.3 is 14.3 Å². The summed E-state index contributed by atoms with van der Waals surface area (Å²) in [6.45, 7) is -0.528. The molecule has 0 aromatic carbocycles. The average molecular weight is 268 g/mol. The second kappa shape index (κ2) is 4.72. The highest BCUT2D eigenvalue weighted by Gasteiger charge is 2.32. The van der Waals surface area contributed by atoms with Gasteiger partial charge in [0.15, 0.2) is 0 Å². The molecular weight excluding hydrogens is 262 g/mol. The van der Waals surface area contributed by atoms with E-state index in [9.17, 15) is 14.7 Å². The molecule has 0 saturated carbocycles. The van der Waals surface area contributed by atoms with Crippen LogP contribution in [0.5, 0.6) is 0 Å². The van der Waals surface area contributed by atoms with Gasteiger partial charge in [0.2, 0.25) is 0 Å². The largest absolute Gasteiger partial charge is 0.548 e. The van der Waals surface area contributed by atoms with Gasteiger partial charge in [-0.2, -0.15) is 0 Å². The highest BCUT2D eigenvalue weighted by molar-refractivity contribution is 8.26. The molecule has 2 rings (SSSR count). The fraction of sp³-hybridized carbons (Fsp3) is 0.100. The standard InChI is InChI=1S/C10H7NO4S2/c12-8(13)5-11-9(14)7(17-10(11)16)4-6-2-1-3-15-6/h1-4H,5H2,(H,12,13)/p-1. The first-order chi connectivity index (χ1) is 8.08. The smallest absolute Gasteiger partial charge is 0.266 e. The molecule has 0 bridgehead atoms. The summed E-state index contributed by atoms with van der Waals surface area (Å²) in [6.07, 6.45) is 3.00. The maximum Gasteiger partial charge on any atom is 0.266 e. The Labute approximate surface area is 106 Å². The Morgan fingerprint density at radius 3 is 3.00 bits per heavy atom. The van der Waals surface area contributed by atoms with Crippen molar-refractivity contribution in [3.63, 3.8) is 0 Å². The monoisotopic (exact) mass is 268 g/mol. The van der Waals surface area contributed by atoms with Crippen LogP contribution in [0.15, 0.2) is 27.7 Å². The van der Waals surface area contributed by atoms with Crippen molar-refractivity contribution in [3.8, 4) is 0 Å². The maximum absolute atomic E-state index is 11.8. The third-order valence-corrected chi connectivity index (χ3v) is 3.36. The van der Waals surface area contributed by atoms with E-state index in [0.717, 1.165) is 16.7 Å². The number of carbonyl (C=O) groups is 2. The van der Waals surface area contributed by atoms with E-state index in [2.05, 4.69) is 0 Å². The van der Waals surface area contributed by atoms with Crippen LogP contribution in [-0.4, -0.2) is 27.6 Å². The first-order valence-electron chi connectivity index (χ1n) is 4.56. The predicted molar refractivity (Wildman–Crippen MR) is 63.6 cm³/mol. The van der Waals surface area contributed by atoms with Gasteiger partial charge in [-0.15, -0.1) is 0 Å². The minimum Gasteiger partial charge on any atom is -0.548 e. The van der Waals surface area contributed by atoms with Crippen molar-refractivity contribution in [1.29, 1.82) is 0 Å². The summed E-state index contributed by atoms with van der Waals surface area (Å²) in [5.74, 6) is -1.28. The number of aliphatic carboxylic acids is 1. The number of amides is 1. The van der Waals surface area contributed by atoms with E-state index < -0.39 is 18.4 Å². The van der Waals surface area contributed by atoms with E-state index in [-0.39, 0.29) is 4.32 Å². The van der Waals surface area contributed by atoms with Crippen LogP contribution in [0.3, 0.4) is 0 Å². The zero-order chi connectivity index (χ0) is 12.4. The summed E-state index contributed by atoms with van der Waals surface area (Å²) < 4.78 is 5.27. The van der Waals surface area contributed by atoms with Gasteiger partial charge in [-0.05, 0) is 12.1 Å². The molecule has 0 atom stereocenters. The van der Waals surface area contributed by atoms with Gasteiger partial charge in [0.1, 0.15) is 10.1 Å². The normalized spacial score (nSPS) is 18.1. The van der Waals surface area contributed by atoms with Crippen molar-refractivity contribution < 1.29 is 19.1 Å². The van der Waals surface area contributed by atoms with Crippen molar-refractivity contribution in [3.05, 3.63) is 29.1 Å². The summed E-state index contributed by atoms with van der Waals surface area (Å²) in [5.41, 5.74) is 0. The number of furan rings is 1. The van der Waals surface area contributed by atoms with Gasteiger partial charge in [-0.1, -0.05) is 24.0 Å². The van der Waals surface area contributed by atoms with Crippen LogP contribution >= 0.6 is 24.0 Å². The molecule has 1 fully saturated rings. The van der Waals surface area contributed by atoms with Crippen LogP contribution in [0.1, 0.15) is 5.76 Å². The summed E-state index contributed by atoms with van der Waals surface area (Å²) in [5, 5.41) is 10.5. The summed E-state index contributed by atoms with van der Waals surface area (Å²) in [6, 6.07) is 3.37. The quantitative estimate of drug-likeness (QED) is 0.577. The second-order valence-electron chi connectivity index (χ2n) is 3.16. The summed E-state index contributed by atoms with van der Waals surface area (Å²) >= 11 is 5.95. The van der Waals surface area contributed by atoms with Gasteiger partial charge >= 0.3 is 0 Å². The number of thioether (sulfide) groups is 1. The number of carbonyl (C=O) groups excluding carboxylic acids is 2. The van der Waals surface area contributed by atoms with Crippen molar-refractivity contribution in [2.24, 2.45) is 0 Å². The number of nitrogens with zero attached hydrogens (tertiary/aromatic N) is 1. The van der Waals surface area contributed by atoms with Gasteiger partial charge in [0.25, 0.3) is 5.91 Å². The fourth-order valence-corrected chi connectivity index (χ4v) is 2.50. The molecule has 1 amide bonds. The maximum atomic E-state index is 11.8. The summed E-state index contributed by atoms with van der Waals surface area (Å²) in [7, 11) is 0. The van der Waals surface area contributed by atoms with Gasteiger partial charge in [-0.3, -0.25) is 9.69 Å². The van der Waals surface area contributed by atoms with Crippen LogP contribution in [0.25, 0.3) is 6.08 Å². The van der Waals surface area contributed by atoms with Gasteiger partial charge in [-0.25, -0.2) is 0 Å². The first-order valence-corrected chi connectivity index (χ1v) is 5.79. The molecule has 0 radical (unpaired) electrons. The average Bonchev–Trinajstić information content (AvgIpc) is 2.83. The number of hydrogen-bond acceptors (Lipinski definition) is 6. The molecule has 1 aliphatic rings. The van der Waals surface area contributed by atoms with Crippen LogP contribution < -0.4 is 5.11 Å². The Kier molecular flexibility index (Phi) is 3.30. The second-order valence-corrected chi connectivity index (χ2v) is 4.83. The van der Waals surface area contributed by atoms with E-state index in [4.69, 9.17) is 16.6 Å². The van der Waals surface area contributed by atoms with E-state index in [1.165, 1.54) is 12.3 Å². The Morgan fingerprint density at radius 1 is 1.65 bits per heavy atom. The van der Waals surface area contributed by atoms with Gasteiger partial charge in [0.05, 0.1) is 23.7 Å². The number of hydrogen-bond donors (Lipinski definition) is 0. The fourth-order valence-electron chi connectivity index (χ4n) is 1.27. The van der Waals surface area contributed by atoms with Crippen molar-refractivity contribution in [2.45, 2.75) is 0 Å². The molecule has 1 saturated heterocycles. The molecule has 5 nitrogen and oxygen atoms in total. The molecule has 0 N–H and O–H groups in total. The van der Waals surface area contributed by atoms with Crippen LogP contribution in [-0.2, 0) is 9.59 Å². The molecule has 88 valence electrons. The number of thiocarbonyl (C=S) groups is 1. The topological polar surface area (TPSA) is 73.6 Å². The van der Waals surface area contributed by atoms with Crippen molar-refractivity contribution in [1.82, 2.24) is 4.90 Å². The van der Waals surface area contributed by atoms with E-state index in [1.54, 1.807) is 12.1 Å². The molecule has 17 heavy (non-hydrogen) atoms. The molecule has 1 aromatic rings. The summed E-state index contributed by atoms with van der Waals surface area (Å²) in [4.78, 5) is 23.6. The molecule has 0 aliphatic carbocycles. The third-order valence-electron chi connectivity index (χ3n) is 1.98. The lowest BCUT2D eigenvalue weighted by Crippen LogP contribution is -2.40. The number of rotatable bonds is 3. The van der Waals surface area contributed by atoms with Crippen molar-refractivity contribution >= 4 is 46.3 Å². The molecule has 2 heterocycles. The lowest BCUT2D eigenvalue weighted by atomic mass is 10.3. The molecular formula is C10H6NO4S2-. The highest BCUT2D eigenvalue weighted by atomic mass is 32.2. The Balaban J connectivity index is 2.21. The zero-order valence-electron chi connectivity index (χ0n) is 8.41. The molecule has 7 heteroatoms. The first kappa shape index (κ1) is 11.9. The van der Waals surface area contributed by atoms with E-state index in [1.807, 2.05) is 0 Å². The molecule has 1 aliphatic heterocycles. The van der Waals surface area contributed by atoms with Crippen LogP contribution in [0.4, 0.5) is 0 Å². The zero-order valence-corrected chi connectivity index (χ0v) is 10.0. The SMILES string of the molecule is O=C([O-])CN1C(=O)C(=Cc2ccco2)SC1=S. The lowest BCUT2D eigenvalue weighted by molar-refractivity contribution is -0.305. The number of carboxylic acids is 1. The minimum absolute atomic E-state index is 0.206. The Morgan fingerprint density at radius 2 is 2.41 bits per heavy atom. The van der Waals surface area contributed by atoms with E-state index >= 15 is 0 Å². The predicted octanol–water partition coefficient (Wildman–Crippen LogP) is 0.231. The van der Waals surface area contributed by atoms with E-state index in [0.29, 0.717) is 10.7 Å². The number of carboxylic acid groups (broad SMARTS) is 1. The van der Waals surface area contributed by atoms with Crippen LogP contribution in [0.2, 0.25) is 0 Å². The molecule has 0 spiro atoms. The van der Waals surface area contributed by atoms with Crippen LogP contribution in [0, 0.1) is 0 Å².